The predicted molar refractivity (Wildman–Crippen MR) is 45.2 cm³/mol. The average Bonchev–Trinajstić information content (AvgIpc) is 1.88. The third kappa shape index (κ3) is 2.45. The highest BCUT2D eigenvalue weighted by molar-refractivity contribution is 8.93. The lowest BCUT2D eigenvalue weighted by Crippen LogP contribution is -1.84. The summed E-state index contributed by atoms with van der Waals surface area (Å²) in [5, 5.41) is 8.62. The highest BCUT2D eigenvalue weighted by atomic mass is 79.9. The van der Waals surface area contributed by atoms with Gasteiger partial charge in [-0.25, -0.2) is 0 Å². The molecule has 0 spiro atoms. The van der Waals surface area contributed by atoms with Crippen LogP contribution in [-0.2, 0) is 6.61 Å². The monoisotopic (exact) mass is 203 g/mol. The summed E-state index contributed by atoms with van der Waals surface area (Å²) in [6, 6.07) is 1.91. The lowest BCUT2D eigenvalue weighted by atomic mass is 10.2. The zero-order valence-corrected chi connectivity index (χ0v) is 7.45. The van der Waals surface area contributed by atoms with Crippen molar-refractivity contribution in [2.45, 2.75) is 13.5 Å². The van der Waals surface area contributed by atoms with E-state index in [9.17, 15) is 0 Å². The van der Waals surface area contributed by atoms with Gasteiger partial charge in [-0.2, -0.15) is 0 Å². The van der Waals surface area contributed by atoms with Gasteiger partial charge in [0.05, 0.1) is 6.61 Å². The molecular formula is C7H10BrNO. The number of aromatic nitrogens is 1. The summed E-state index contributed by atoms with van der Waals surface area (Å²) < 4.78 is 0. The fourth-order valence-electron chi connectivity index (χ4n) is 0.704. The summed E-state index contributed by atoms with van der Waals surface area (Å²) >= 11 is 0. The highest BCUT2D eigenvalue weighted by Gasteiger charge is 1.88. The summed E-state index contributed by atoms with van der Waals surface area (Å²) in [6.45, 7) is 2.03. The molecule has 0 aliphatic rings. The molecular weight excluding hydrogens is 194 g/mol. The molecule has 0 aliphatic heterocycles. The van der Waals surface area contributed by atoms with Gasteiger partial charge in [-0.1, -0.05) is 6.07 Å². The van der Waals surface area contributed by atoms with Crippen LogP contribution in [0.1, 0.15) is 11.1 Å². The number of aryl methyl sites for hydroxylation is 1. The van der Waals surface area contributed by atoms with E-state index < -0.39 is 0 Å². The topological polar surface area (TPSA) is 33.1 Å². The SMILES string of the molecule is Br.Cc1cncc(CO)c1. The summed E-state index contributed by atoms with van der Waals surface area (Å²) in [4.78, 5) is 3.90. The van der Waals surface area contributed by atoms with Crippen LogP contribution >= 0.6 is 17.0 Å². The van der Waals surface area contributed by atoms with Crippen molar-refractivity contribution in [3.63, 3.8) is 0 Å². The van der Waals surface area contributed by atoms with Gasteiger partial charge in [0, 0.05) is 12.4 Å². The zero-order valence-electron chi connectivity index (χ0n) is 5.74. The Kier molecular flexibility index (Phi) is 4.23. The Morgan fingerprint density at radius 1 is 1.50 bits per heavy atom. The van der Waals surface area contributed by atoms with Gasteiger partial charge >= 0.3 is 0 Å². The van der Waals surface area contributed by atoms with Crippen LogP contribution in [0.15, 0.2) is 18.5 Å². The van der Waals surface area contributed by atoms with Crippen molar-refractivity contribution >= 4 is 17.0 Å². The molecule has 0 atom stereocenters. The molecule has 0 radical (unpaired) electrons. The van der Waals surface area contributed by atoms with Crippen LogP contribution < -0.4 is 0 Å². The molecule has 0 saturated carbocycles. The molecule has 1 aromatic heterocycles. The van der Waals surface area contributed by atoms with Crippen molar-refractivity contribution in [1.82, 2.24) is 4.98 Å². The molecule has 0 saturated heterocycles. The van der Waals surface area contributed by atoms with Crippen LogP contribution in [-0.4, -0.2) is 10.1 Å². The Morgan fingerprint density at radius 3 is 2.60 bits per heavy atom. The van der Waals surface area contributed by atoms with E-state index in [0.29, 0.717) is 0 Å². The molecule has 0 aliphatic carbocycles. The van der Waals surface area contributed by atoms with Gasteiger partial charge in [0.2, 0.25) is 0 Å². The maximum Gasteiger partial charge on any atom is 0.0696 e. The zero-order chi connectivity index (χ0) is 6.69. The number of rotatable bonds is 1. The van der Waals surface area contributed by atoms with E-state index in [1.165, 1.54) is 0 Å². The maximum atomic E-state index is 8.62. The van der Waals surface area contributed by atoms with E-state index >= 15 is 0 Å². The van der Waals surface area contributed by atoms with Gasteiger partial charge in [-0.15, -0.1) is 17.0 Å². The molecule has 10 heavy (non-hydrogen) atoms. The second-order valence-corrected chi connectivity index (χ2v) is 2.03. The Bertz CT molecular complexity index is 203. The number of hydrogen-bond acceptors (Lipinski definition) is 2. The molecule has 0 bridgehead atoms. The van der Waals surface area contributed by atoms with Gasteiger partial charge in [-0.3, -0.25) is 4.98 Å². The van der Waals surface area contributed by atoms with E-state index in [-0.39, 0.29) is 23.6 Å². The van der Waals surface area contributed by atoms with E-state index in [1.807, 2.05) is 13.0 Å². The van der Waals surface area contributed by atoms with Crippen LogP contribution in [0.2, 0.25) is 0 Å². The number of hydrogen-bond donors (Lipinski definition) is 1. The summed E-state index contributed by atoms with van der Waals surface area (Å²) in [7, 11) is 0. The van der Waals surface area contributed by atoms with Gasteiger partial charge in [0.15, 0.2) is 0 Å². The number of pyridine rings is 1. The fraction of sp³-hybridized carbons (Fsp3) is 0.286. The molecule has 1 aromatic rings. The molecule has 0 amide bonds. The molecule has 56 valence electrons. The standard InChI is InChI=1S/C7H9NO.BrH/c1-6-2-7(5-9)4-8-3-6;/h2-4,9H,5H2,1H3;1H. The van der Waals surface area contributed by atoms with Crippen LogP contribution in [0.25, 0.3) is 0 Å². The van der Waals surface area contributed by atoms with Crippen LogP contribution in [0.5, 0.6) is 0 Å². The van der Waals surface area contributed by atoms with E-state index in [4.69, 9.17) is 5.11 Å². The van der Waals surface area contributed by atoms with Gasteiger partial charge in [0.25, 0.3) is 0 Å². The van der Waals surface area contributed by atoms with Crippen molar-refractivity contribution < 1.29 is 5.11 Å². The van der Waals surface area contributed by atoms with Crippen molar-refractivity contribution in [2.75, 3.05) is 0 Å². The largest absolute Gasteiger partial charge is 0.392 e. The summed E-state index contributed by atoms with van der Waals surface area (Å²) in [6.07, 6.45) is 3.42. The number of nitrogens with zero attached hydrogens (tertiary/aromatic N) is 1. The minimum absolute atomic E-state index is 0. The smallest absolute Gasteiger partial charge is 0.0696 e. The number of aliphatic hydroxyl groups is 1. The normalized spacial score (nSPS) is 8.60. The Labute approximate surface area is 70.7 Å². The molecule has 0 fully saturated rings. The molecule has 2 nitrogen and oxygen atoms in total. The molecule has 3 heteroatoms. The molecule has 0 unspecified atom stereocenters. The third-order valence-corrected chi connectivity index (χ3v) is 1.11. The minimum Gasteiger partial charge on any atom is -0.392 e. The van der Waals surface area contributed by atoms with Crippen molar-refractivity contribution in [3.8, 4) is 0 Å². The van der Waals surface area contributed by atoms with Gasteiger partial charge < -0.3 is 5.11 Å². The van der Waals surface area contributed by atoms with Crippen molar-refractivity contribution in [2.24, 2.45) is 0 Å². The van der Waals surface area contributed by atoms with Gasteiger partial charge in [-0.05, 0) is 18.1 Å². The first-order valence-electron chi connectivity index (χ1n) is 2.84. The minimum atomic E-state index is 0. The predicted octanol–water partition coefficient (Wildman–Crippen LogP) is 1.46. The van der Waals surface area contributed by atoms with E-state index in [0.717, 1.165) is 11.1 Å². The second kappa shape index (κ2) is 4.41. The summed E-state index contributed by atoms with van der Waals surface area (Å²) in [5.74, 6) is 0. The highest BCUT2D eigenvalue weighted by Crippen LogP contribution is 1.99. The maximum absolute atomic E-state index is 8.62. The number of aliphatic hydroxyl groups excluding tert-OH is 1. The first-order valence-corrected chi connectivity index (χ1v) is 2.84. The first kappa shape index (κ1) is 9.59. The Morgan fingerprint density at radius 2 is 2.20 bits per heavy atom. The van der Waals surface area contributed by atoms with Gasteiger partial charge in [0.1, 0.15) is 0 Å². The second-order valence-electron chi connectivity index (χ2n) is 2.03. The fourth-order valence-corrected chi connectivity index (χ4v) is 0.704. The van der Waals surface area contributed by atoms with Crippen LogP contribution in [0.3, 0.4) is 0 Å². The lowest BCUT2D eigenvalue weighted by molar-refractivity contribution is 0.281. The van der Waals surface area contributed by atoms with Crippen LogP contribution in [0, 0.1) is 6.92 Å². The van der Waals surface area contributed by atoms with E-state index in [2.05, 4.69) is 4.98 Å². The summed E-state index contributed by atoms with van der Waals surface area (Å²) in [5.41, 5.74) is 1.96. The molecule has 1 rings (SSSR count). The first-order chi connectivity index (χ1) is 4.33. The average molecular weight is 204 g/mol. The molecule has 1 N–H and O–H groups in total. The third-order valence-electron chi connectivity index (χ3n) is 1.11. The van der Waals surface area contributed by atoms with E-state index in [1.54, 1.807) is 12.4 Å². The van der Waals surface area contributed by atoms with Crippen LogP contribution in [0.4, 0.5) is 0 Å². The van der Waals surface area contributed by atoms with Crippen molar-refractivity contribution in [1.29, 1.82) is 0 Å². The Balaban J connectivity index is 0.000000810. The quantitative estimate of drug-likeness (QED) is 0.751. The van der Waals surface area contributed by atoms with Crippen molar-refractivity contribution in [3.05, 3.63) is 29.6 Å². The molecule has 1 heterocycles. The molecule has 0 aromatic carbocycles. The lowest BCUT2D eigenvalue weighted by Gasteiger charge is -1.93. The number of halogens is 1. The Hall–Kier alpha value is -0.410.